The van der Waals surface area contributed by atoms with Crippen LogP contribution in [-0.4, -0.2) is 6.04 Å². The zero-order chi connectivity index (χ0) is 10.6. The van der Waals surface area contributed by atoms with Crippen molar-refractivity contribution >= 4 is 5.69 Å². The highest BCUT2D eigenvalue weighted by Gasteiger charge is 2.06. The van der Waals surface area contributed by atoms with Gasteiger partial charge in [-0.25, -0.2) is 0 Å². The highest BCUT2D eigenvalue weighted by Crippen LogP contribution is 2.13. The van der Waals surface area contributed by atoms with Gasteiger partial charge in [0.05, 0.1) is 11.6 Å². The molecule has 0 aromatic heterocycles. The monoisotopic (exact) mass is 188 g/mol. The standard InChI is InChI=1S/C12H16N2/c1-9(2)10(3)14-12-6-4-5-11(7-12)8-13/h4-7,9-10,14H,1-3H3. The largest absolute Gasteiger partial charge is 0.382 e. The van der Waals surface area contributed by atoms with E-state index in [1.807, 2.05) is 24.3 Å². The van der Waals surface area contributed by atoms with Gasteiger partial charge in [-0.1, -0.05) is 19.9 Å². The van der Waals surface area contributed by atoms with Crippen molar-refractivity contribution < 1.29 is 0 Å². The predicted molar refractivity (Wildman–Crippen MR) is 59.1 cm³/mol. The van der Waals surface area contributed by atoms with Gasteiger partial charge in [0.15, 0.2) is 0 Å². The van der Waals surface area contributed by atoms with E-state index >= 15 is 0 Å². The summed E-state index contributed by atoms with van der Waals surface area (Å²) in [5.74, 6) is 0.584. The summed E-state index contributed by atoms with van der Waals surface area (Å²) in [6.45, 7) is 6.49. The molecule has 0 aliphatic carbocycles. The van der Waals surface area contributed by atoms with Crippen molar-refractivity contribution in [2.75, 3.05) is 5.32 Å². The number of anilines is 1. The number of nitrogens with zero attached hydrogens (tertiary/aromatic N) is 1. The van der Waals surface area contributed by atoms with E-state index in [0.29, 0.717) is 17.5 Å². The maximum absolute atomic E-state index is 8.73. The number of hydrogen-bond acceptors (Lipinski definition) is 2. The van der Waals surface area contributed by atoms with Crippen LogP contribution in [0.2, 0.25) is 0 Å². The molecule has 0 radical (unpaired) electrons. The highest BCUT2D eigenvalue weighted by atomic mass is 14.9. The fourth-order valence-corrected chi connectivity index (χ4v) is 1.11. The average molecular weight is 188 g/mol. The van der Waals surface area contributed by atoms with Crippen LogP contribution in [0.25, 0.3) is 0 Å². The molecule has 1 aromatic carbocycles. The Morgan fingerprint density at radius 2 is 2.00 bits per heavy atom. The first kappa shape index (κ1) is 10.6. The average Bonchev–Trinajstić information content (AvgIpc) is 2.18. The molecule has 1 N–H and O–H groups in total. The Kier molecular flexibility index (Phi) is 3.53. The molecule has 0 saturated carbocycles. The second-order valence-electron chi connectivity index (χ2n) is 3.87. The summed E-state index contributed by atoms with van der Waals surface area (Å²) in [4.78, 5) is 0. The summed E-state index contributed by atoms with van der Waals surface area (Å²) in [5.41, 5.74) is 1.72. The Morgan fingerprint density at radius 1 is 1.29 bits per heavy atom. The van der Waals surface area contributed by atoms with Gasteiger partial charge in [-0.15, -0.1) is 0 Å². The van der Waals surface area contributed by atoms with Gasteiger partial charge in [0.2, 0.25) is 0 Å². The van der Waals surface area contributed by atoms with E-state index in [9.17, 15) is 0 Å². The lowest BCUT2D eigenvalue weighted by atomic mass is 10.1. The lowest BCUT2D eigenvalue weighted by Crippen LogP contribution is -2.21. The van der Waals surface area contributed by atoms with E-state index in [1.54, 1.807) is 0 Å². The van der Waals surface area contributed by atoms with Crippen LogP contribution < -0.4 is 5.32 Å². The van der Waals surface area contributed by atoms with Gasteiger partial charge in [-0.05, 0) is 31.0 Å². The van der Waals surface area contributed by atoms with Crippen LogP contribution >= 0.6 is 0 Å². The number of nitriles is 1. The molecule has 14 heavy (non-hydrogen) atoms. The van der Waals surface area contributed by atoms with Crippen LogP contribution in [0.1, 0.15) is 26.3 Å². The Hall–Kier alpha value is -1.49. The minimum absolute atomic E-state index is 0.420. The summed E-state index contributed by atoms with van der Waals surface area (Å²) < 4.78 is 0. The molecule has 0 saturated heterocycles. The van der Waals surface area contributed by atoms with Crippen LogP contribution in [0.5, 0.6) is 0 Å². The van der Waals surface area contributed by atoms with E-state index in [1.165, 1.54) is 0 Å². The second-order valence-corrected chi connectivity index (χ2v) is 3.87. The predicted octanol–water partition coefficient (Wildman–Crippen LogP) is 3.01. The van der Waals surface area contributed by atoms with Gasteiger partial charge in [-0.2, -0.15) is 5.26 Å². The second kappa shape index (κ2) is 4.66. The molecule has 0 heterocycles. The summed E-state index contributed by atoms with van der Waals surface area (Å²) in [6, 6.07) is 10.1. The van der Waals surface area contributed by atoms with E-state index in [4.69, 9.17) is 5.26 Å². The molecular weight excluding hydrogens is 172 g/mol. The first-order valence-corrected chi connectivity index (χ1v) is 4.90. The minimum Gasteiger partial charge on any atom is -0.382 e. The minimum atomic E-state index is 0.420. The van der Waals surface area contributed by atoms with Gasteiger partial charge in [-0.3, -0.25) is 0 Å². The van der Waals surface area contributed by atoms with Crippen molar-refractivity contribution in [3.8, 4) is 6.07 Å². The number of benzene rings is 1. The van der Waals surface area contributed by atoms with Crippen LogP contribution in [0.3, 0.4) is 0 Å². The lowest BCUT2D eigenvalue weighted by molar-refractivity contribution is 0.560. The van der Waals surface area contributed by atoms with E-state index in [0.717, 1.165) is 5.69 Å². The summed E-state index contributed by atoms with van der Waals surface area (Å²) in [6.07, 6.45) is 0. The normalized spacial score (nSPS) is 12.2. The van der Waals surface area contributed by atoms with Crippen molar-refractivity contribution in [3.63, 3.8) is 0 Å². The summed E-state index contributed by atoms with van der Waals surface area (Å²) >= 11 is 0. The molecule has 1 rings (SSSR count). The van der Waals surface area contributed by atoms with Crippen LogP contribution in [0.4, 0.5) is 5.69 Å². The first-order chi connectivity index (χ1) is 6.63. The lowest BCUT2D eigenvalue weighted by Gasteiger charge is -2.18. The molecule has 1 aromatic rings. The summed E-state index contributed by atoms with van der Waals surface area (Å²) in [5, 5.41) is 12.1. The third kappa shape index (κ3) is 2.77. The Morgan fingerprint density at radius 3 is 2.57 bits per heavy atom. The molecule has 1 atom stereocenters. The van der Waals surface area contributed by atoms with Crippen LogP contribution in [-0.2, 0) is 0 Å². The van der Waals surface area contributed by atoms with Crippen molar-refractivity contribution in [2.45, 2.75) is 26.8 Å². The first-order valence-electron chi connectivity index (χ1n) is 4.90. The molecule has 0 bridgehead atoms. The van der Waals surface area contributed by atoms with Gasteiger partial charge in [0.25, 0.3) is 0 Å². The fraction of sp³-hybridized carbons (Fsp3) is 0.417. The molecule has 0 aliphatic heterocycles. The third-order valence-electron chi connectivity index (χ3n) is 2.39. The Bertz CT molecular complexity index is 336. The topological polar surface area (TPSA) is 35.8 Å². The van der Waals surface area contributed by atoms with Crippen molar-refractivity contribution in [1.82, 2.24) is 0 Å². The maximum Gasteiger partial charge on any atom is 0.0992 e. The molecule has 1 unspecified atom stereocenters. The van der Waals surface area contributed by atoms with Gasteiger partial charge in [0.1, 0.15) is 0 Å². The molecule has 0 amide bonds. The maximum atomic E-state index is 8.73. The van der Waals surface area contributed by atoms with E-state index in [-0.39, 0.29) is 0 Å². The fourth-order valence-electron chi connectivity index (χ4n) is 1.11. The van der Waals surface area contributed by atoms with Gasteiger partial charge >= 0.3 is 0 Å². The molecule has 0 fully saturated rings. The molecule has 0 aliphatic rings. The number of rotatable bonds is 3. The van der Waals surface area contributed by atoms with Crippen molar-refractivity contribution in [2.24, 2.45) is 5.92 Å². The quantitative estimate of drug-likeness (QED) is 0.791. The molecule has 2 nitrogen and oxygen atoms in total. The molecule has 74 valence electrons. The van der Waals surface area contributed by atoms with Crippen LogP contribution in [0, 0.1) is 17.2 Å². The molecule has 0 spiro atoms. The summed E-state index contributed by atoms with van der Waals surface area (Å²) in [7, 11) is 0. The Labute approximate surface area is 85.6 Å². The van der Waals surface area contributed by atoms with Crippen molar-refractivity contribution in [1.29, 1.82) is 5.26 Å². The number of nitrogens with one attached hydrogen (secondary N) is 1. The third-order valence-corrected chi connectivity index (χ3v) is 2.39. The Balaban J connectivity index is 2.73. The van der Waals surface area contributed by atoms with Gasteiger partial charge in [0, 0.05) is 11.7 Å². The zero-order valence-electron chi connectivity index (χ0n) is 8.91. The van der Waals surface area contributed by atoms with Crippen molar-refractivity contribution in [3.05, 3.63) is 29.8 Å². The van der Waals surface area contributed by atoms with E-state index < -0.39 is 0 Å². The molecule has 2 heteroatoms. The zero-order valence-corrected chi connectivity index (χ0v) is 8.91. The van der Waals surface area contributed by atoms with Crippen LogP contribution in [0.15, 0.2) is 24.3 Å². The smallest absolute Gasteiger partial charge is 0.0992 e. The number of hydrogen-bond donors (Lipinski definition) is 1. The van der Waals surface area contributed by atoms with Gasteiger partial charge < -0.3 is 5.32 Å². The SMILES string of the molecule is CC(C)C(C)Nc1cccc(C#N)c1. The highest BCUT2D eigenvalue weighted by molar-refractivity contribution is 5.49. The molecular formula is C12H16N2. The van der Waals surface area contributed by atoms with E-state index in [2.05, 4.69) is 32.2 Å².